The standard InChI is InChI=1S/C22H19ClFN5O3/c1-2-29-10-9-17(27-29)21(30)25-13-5-3-6-14(11-13)26-22(31)19-12-18(28-32-19)20-15(23)7-4-8-16(20)24/h3-11,19H,2,12H2,1H3,(H,25,30)(H,26,31). The Hall–Kier alpha value is -3.72. The van der Waals surface area contributed by atoms with Gasteiger partial charge in [0, 0.05) is 30.5 Å². The molecule has 0 aliphatic carbocycles. The van der Waals surface area contributed by atoms with Gasteiger partial charge in [-0.25, -0.2) is 4.39 Å². The first kappa shape index (κ1) is 21.5. The van der Waals surface area contributed by atoms with Gasteiger partial charge in [-0.3, -0.25) is 14.3 Å². The lowest BCUT2D eigenvalue weighted by Crippen LogP contribution is -2.28. The van der Waals surface area contributed by atoms with Crippen molar-refractivity contribution in [1.29, 1.82) is 0 Å². The van der Waals surface area contributed by atoms with Crippen LogP contribution in [0.25, 0.3) is 0 Å². The Morgan fingerprint density at radius 1 is 1.19 bits per heavy atom. The van der Waals surface area contributed by atoms with E-state index in [1.165, 1.54) is 12.1 Å². The zero-order valence-corrected chi connectivity index (χ0v) is 17.8. The van der Waals surface area contributed by atoms with E-state index in [4.69, 9.17) is 16.4 Å². The number of hydrogen-bond acceptors (Lipinski definition) is 5. The molecule has 0 fully saturated rings. The summed E-state index contributed by atoms with van der Waals surface area (Å²) in [5.41, 5.74) is 1.62. The molecule has 1 aliphatic rings. The van der Waals surface area contributed by atoms with Crippen molar-refractivity contribution in [1.82, 2.24) is 9.78 Å². The van der Waals surface area contributed by atoms with Gasteiger partial charge in [-0.15, -0.1) is 0 Å². The molecule has 8 nitrogen and oxygen atoms in total. The fraction of sp³-hybridized carbons (Fsp3) is 0.182. The van der Waals surface area contributed by atoms with Crippen molar-refractivity contribution in [3.05, 3.63) is 76.8 Å². The molecule has 2 N–H and O–H groups in total. The molecule has 32 heavy (non-hydrogen) atoms. The first-order valence-corrected chi connectivity index (χ1v) is 10.2. The summed E-state index contributed by atoms with van der Waals surface area (Å²) in [6.07, 6.45) is 0.859. The summed E-state index contributed by atoms with van der Waals surface area (Å²) in [5.74, 6) is -1.35. The van der Waals surface area contributed by atoms with Crippen LogP contribution in [0.3, 0.4) is 0 Å². The van der Waals surface area contributed by atoms with E-state index in [0.717, 1.165) is 0 Å². The second-order valence-corrected chi connectivity index (χ2v) is 7.42. The summed E-state index contributed by atoms with van der Waals surface area (Å²) in [6.45, 7) is 2.58. The minimum atomic E-state index is -0.933. The Kier molecular flexibility index (Phi) is 6.18. The average Bonchev–Trinajstić information content (AvgIpc) is 3.44. The number of nitrogens with one attached hydrogen (secondary N) is 2. The fourth-order valence-electron chi connectivity index (χ4n) is 3.19. The van der Waals surface area contributed by atoms with Crippen molar-refractivity contribution in [2.24, 2.45) is 5.16 Å². The summed E-state index contributed by atoms with van der Waals surface area (Å²) in [5, 5.41) is 13.7. The van der Waals surface area contributed by atoms with E-state index < -0.39 is 17.8 Å². The van der Waals surface area contributed by atoms with Crippen molar-refractivity contribution >= 4 is 40.5 Å². The summed E-state index contributed by atoms with van der Waals surface area (Å²) >= 11 is 6.06. The van der Waals surface area contributed by atoms with Gasteiger partial charge >= 0.3 is 0 Å². The van der Waals surface area contributed by atoms with E-state index in [2.05, 4.69) is 20.9 Å². The number of aryl methyl sites for hydroxylation is 1. The number of rotatable bonds is 6. The molecule has 1 atom stereocenters. The van der Waals surface area contributed by atoms with Gasteiger partial charge in [-0.1, -0.05) is 28.9 Å². The van der Waals surface area contributed by atoms with Crippen molar-refractivity contribution in [3.8, 4) is 0 Å². The highest BCUT2D eigenvalue weighted by Crippen LogP contribution is 2.26. The number of anilines is 2. The summed E-state index contributed by atoms with van der Waals surface area (Å²) in [7, 11) is 0. The lowest BCUT2D eigenvalue weighted by molar-refractivity contribution is -0.125. The van der Waals surface area contributed by atoms with Crippen LogP contribution >= 0.6 is 11.6 Å². The molecule has 2 heterocycles. The smallest absolute Gasteiger partial charge is 0.276 e. The predicted octanol–water partition coefficient (Wildman–Crippen LogP) is 4.08. The molecule has 0 saturated carbocycles. The highest BCUT2D eigenvalue weighted by atomic mass is 35.5. The number of carbonyl (C=O) groups is 2. The molecule has 1 unspecified atom stereocenters. The maximum atomic E-state index is 14.1. The summed E-state index contributed by atoms with van der Waals surface area (Å²) < 4.78 is 15.8. The molecular formula is C22H19ClFN5O3. The van der Waals surface area contributed by atoms with Gasteiger partial charge in [0.15, 0.2) is 5.69 Å². The van der Waals surface area contributed by atoms with Crippen molar-refractivity contribution in [3.63, 3.8) is 0 Å². The highest BCUT2D eigenvalue weighted by Gasteiger charge is 2.31. The Morgan fingerprint density at radius 3 is 2.66 bits per heavy atom. The lowest BCUT2D eigenvalue weighted by Gasteiger charge is -2.11. The first-order valence-electron chi connectivity index (χ1n) is 9.87. The number of hydrogen-bond donors (Lipinski definition) is 2. The fourth-order valence-corrected chi connectivity index (χ4v) is 3.46. The number of carbonyl (C=O) groups excluding carboxylic acids is 2. The molecule has 10 heteroatoms. The number of aromatic nitrogens is 2. The van der Waals surface area contributed by atoms with E-state index in [1.54, 1.807) is 47.3 Å². The maximum absolute atomic E-state index is 14.1. The van der Waals surface area contributed by atoms with Crippen LogP contribution in [0.4, 0.5) is 15.8 Å². The zero-order valence-electron chi connectivity index (χ0n) is 17.0. The van der Waals surface area contributed by atoms with E-state index in [1.807, 2.05) is 6.92 Å². The molecule has 164 valence electrons. The third kappa shape index (κ3) is 4.62. The van der Waals surface area contributed by atoms with Crippen LogP contribution in [0.1, 0.15) is 29.4 Å². The Labute approximate surface area is 188 Å². The van der Waals surface area contributed by atoms with Gasteiger partial charge in [0.05, 0.1) is 16.3 Å². The molecule has 0 bridgehead atoms. The van der Waals surface area contributed by atoms with Gasteiger partial charge in [-0.05, 0) is 43.3 Å². The highest BCUT2D eigenvalue weighted by molar-refractivity contribution is 6.34. The second-order valence-electron chi connectivity index (χ2n) is 7.01. The number of oxime groups is 1. The number of halogens is 2. The van der Waals surface area contributed by atoms with E-state index >= 15 is 0 Å². The summed E-state index contributed by atoms with van der Waals surface area (Å²) in [4.78, 5) is 30.2. The van der Waals surface area contributed by atoms with Crippen molar-refractivity contribution < 1.29 is 18.8 Å². The van der Waals surface area contributed by atoms with Crippen LogP contribution in [0.15, 0.2) is 59.9 Å². The number of nitrogens with zero attached hydrogens (tertiary/aromatic N) is 3. The van der Waals surface area contributed by atoms with Gasteiger partial charge < -0.3 is 15.5 Å². The van der Waals surface area contributed by atoms with Gasteiger partial charge in [0.2, 0.25) is 6.10 Å². The Balaban J connectivity index is 1.39. The molecule has 0 saturated heterocycles. The Morgan fingerprint density at radius 2 is 1.94 bits per heavy atom. The third-order valence-corrected chi connectivity index (χ3v) is 5.11. The van der Waals surface area contributed by atoms with Crippen LogP contribution in [0.5, 0.6) is 0 Å². The molecule has 0 radical (unpaired) electrons. The monoisotopic (exact) mass is 455 g/mol. The molecule has 2 amide bonds. The van der Waals surface area contributed by atoms with Crippen molar-refractivity contribution in [2.75, 3.05) is 10.6 Å². The summed E-state index contributed by atoms with van der Waals surface area (Å²) in [6, 6.07) is 12.6. The van der Waals surface area contributed by atoms with E-state index in [9.17, 15) is 14.0 Å². The largest absolute Gasteiger partial charge is 0.382 e. The normalized spacial score (nSPS) is 15.1. The minimum absolute atomic E-state index is 0.0724. The van der Waals surface area contributed by atoms with Gasteiger partial charge in [-0.2, -0.15) is 5.10 Å². The lowest BCUT2D eigenvalue weighted by atomic mass is 10.0. The topological polar surface area (TPSA) is 97.6 Å². The second kappa shape index (κ2) is 9.19. The van der Waals surface area contributed by atoms with Crippen LogP contribution in [0.2, 0.25) is 5.02 Å². The predicted molar refractivity (Wildman–Crippen MR) is 118 cm³/mol. The van der Waals surface area contributed by atoms with E-state index in [0.29, 0.717) is 17.9 Å². The average molecular weight is 456 g/mol. The van der Waals surface area contributed by atoms with Crippen molar-refractivity contribution in [2.45, 2.75) is 26.0 Å². The Bertz CT molecular complexity index is 1190. The molecule has 4 rings (SSSR count). The molecule has 0 spiro atoms. The molecule has 1 aromatic heterocycles. The van der Waals surface area contributed by atoms with E-state index in [-0.39, 0.29) is 34.3 Å². The van der Waals surface area contributed by atoms with Crippen LogP contribution in [-0.2, 0) is 16.2 Å². The molecule has 2 aromatic carbocycles. The third-order valence-electron chi connectivity index (χ3n) is 4.80. The quantitative estimate of drug-likeness (QED) is 0.585. The first-order chi connectivity index (χ1) is 15.4. The molecular weight excluding hydrogens is 437 g/mol. The van der Waals surface area contributed by atoms with Crippen LogP contribution in [0, 0.1) is 5.82 Å². The van der Waals surface area contributed by atoms with Gasteiger partial charge in [0.25, 0.3) is 11.8 Å². The molecule has 1 aliphatic heterocycles. The van der Waals surface area contributed by atoms with Gasteiger partial charge in [0.1, 0.15) is 5.82 Å². The minimum Gasteiger partial charge on any atom is -0.382 e. The van der Waals surface area contributed by atoms with Crippen LogP contribution < -0.4 is 10.6 Å². The molecule has 3 aromatic rings. The zero-order chi connectivity index (χ0) is 22.7. The number of amides is 2. The SMILES string of the molecule is CCn1ccc(C(=O)Nc2cccc(NC(=O)C3CC(c4c(F)cccc4Cl)=NO3)c2)n1. The van der Waals surface area contributed by atoms with Crippen LogP contribution in [-0.4, -0.2) is 33.4 Å². The maximum Gasteiger partial charge on any atom is 0.276 e. The number of benzene rings is 2.